The molecule has 2 atom stereocenters. The fourth-order valence-corrected chi connectivity index (χ4v) is 8.22. The van der Waals surface area contributed by atoms with Gasteiger partial charge in [-0.05, 0) is 38.5 Å². The lowest BCUT2D eigenvalue weighted by atomic mass is 10.0. The molecule has 0 heterocycles. The summed E-state index contributed by atoms with van der Waals surface area (Å²) >= 11 is 0. The lowest BCUT2D eigenvalue weighted by Crippen LogP contribution is -2.37. The molecule has 362 valence electrons. The van der Waals surface area contributed by atoms with Gasteiger partial charge >= 0.3 is 19.8 Å². The Morgan fingerprint density at radius 1 is 0.492 bits per heavy atom. The van der Waals surface area contributed by atoms with Crippen molar-refractivity contribution in [1.29, 1.82) is 0 Å². The molecule has 0 saturated carbocycles. The number of nitrogens with zero attached hydrogens (tertiary/aromatic N) is 1. The highest BCUT2D eigenvalue weighted by Gasteiger charge is 2.27. The van der Waals surface area contributed by atoms with E-state index in [-0.39, 0.29) is 25.6 Å². The highest BCUT2D eigenvalue weighted by Crippen LogP contribution is 2.43. The minimum absolute atomic E-state index is 0.0353. The maximum atomic E-state index is 12.7. The van der Waals surface area contributed by atoms with Crippen LogP contribution in [0, 0.1) is 0 Å². The molecule has 0 aliphatic heterocycles. The van der Waals surface area contributed by atoms with Gasteiger partial charge in [0.05, 0.1) is 27.7 Å². The fraction of sp³-hybridized carbons (Fsp3) is 0.922. The summed E-state index contributed by atoms with van der Waals surface area (Å²) in [4.78, 5) is 35.2. The Kier molecular flexibility index (Phi) is 43.1. The Balaban J connectivity index is 3.87. The predicted molar refractivity (Wildman–Crippen MR) is 257 cm³/mol. The van der Waals surface area contributed by atoms with Crippen LogP contribution in [0.25, 0.3) is 0 Å². The number of carbonyl (C=O) groups excluding carboxylic acids is 2. The number of phosphoric acid groups is 1. The van der Waals surface area contributed by atoms with Crippen molar-refractivity contribution in [2.45, 2.75) is 258 Å². The molecule has 0 saturated heterocycles. The molecule has 0 aliphatic rings. The average Bonchev–Trinajstić information content (AvgIpc) is 3.21. The van der Waals surface area contributed by atoms with Crippen molar-refractivity contribution in [1.82, 2.24) is 0 Å². The summed E-state index contributed by atoms with van der Waals surface area (Å²) in [7, 11) is 1.49. The van der Waals surface area contributed by atoms with Gasteiger partial charge in [-0.3, -0.25) is 18.6 Å². The first-order valence-corrected chi connectivity index (χ1v) is 27.4. The van der Waals surface area contributed by atoms with E-state index >= 15 is 0 Å². The minimum atomic E-state index is -4.36. The summed E-state index contributed by atoms with van der Waals surface area (Å²) < 4.78 is 34.2. The molecular weight excluding hydrogens is 786 g/mol. The monoisotopic (exact) mass is 887 g/mol. The van der Waals surface area contributed by atoms with E-state index in [1.165, 1.54) is 180 Å². The molecule has 0 rings (SSSR count). The number of esters is 2. The second kappa shape index (κ2) is 44.0. The normalized spacial score (nSPS) is 13.5. The summed E-state index contributed by atoms with van der Waals surface area (Å²) in [5, 5.41) is 0. The smallest absolute Gasteiger partial charge is 0.462 e. The summed E-state index contributed by atoms with van der Waals surface area (Å²) in [6.45, 7) is 4.39. The van der Waals surface area contributed by atoms with E-state index in [2.05, 4.69) is 26.0 Å². The molecule has 0 aromatic carbocycles. The molecule has 0 bridgehead atoms. The third kappa shape index (κ3) is 48.1. The number of carbonyl (C=O) groups is 2. The maximum Gasteiger partial charge on any atom is 0.472 e. The van der Waals surface area contributed by atoms with Crippen molar-refractivity contribution in [2.75, 3.05) is 47.5 Å². The van der Waals surface area contributed by atoms with Crippen LogP contribution in [0.2, 0.25) is 0 Å². The van der Waals surface area contributed by atoms with Gasteiger partial charge in [0.2, 0.25) is 0 Å². The van der Waals surface area contributed by atoms with Crippen LogP contribution >= 0.6 is 7.82 Å². The number of ether oxygens (including phenoxy) is 2. The molecule has 0 spiro atoms. The zero-order valence-corrected chi connectivity index (χ0v) is 41.8. The van der Waals surface area contributed by atoms with E-state index in [1.54, 1.807) is 0 Å². The number of rotatable bonds is 48. The number of allylic oxidation sites excluding steroid dienone is 2. The number of phosphoric ester groups is 1. The Morgan fingerprint density at radius 3 is 1.21 bits per heavy atom. The molecule has 0 radical (unpaired) electrons. The van der Waals surface area contributed by atoms with Gasteiger partial charge in [0, 0.05) is 12.8 Å². The van der Waals surface area contributed by atoms with Crippen molar-refractivity contribution in [3.8, 4) is 0 Å². The lowest BCUT2D eigenvalue weighted by molar-refractivity contribution is -0.870. The van der Waals surface area contributed by atoms with Gasteiger partial charge in [-0.25, -0.2) is 4.57 Å². The van der Waals surface area contributed by atoms with E-state index in [0.29, 0.717) is 23.9 Å². The maximum absolute atomic E-state index is 12.7. The largest absolute Gasteiger partial charge is 0.472 e. The van der Waals surface area contributed by atoms with Crippen LogP contribution in [-0.4, -0.2) is 74.9 Å². The van der Waals surface area contributed by atoms with E-state index in [4.69, 9.17) is 18.5 Å². The number of unbranched alkanes of at least 4 members (excludes halogenated alkanes) is 32. The molecule has 61 heavy (non-hydrogen) atoms. The first-order chi connectivity index (χ1) is 29.5. The molecular formula is C51H101NO8P+. The first-order valence-electron chi connectivity index (χ1n) is 25.9. The Labute approximate surface area is 377 Å². The quantitative estimate of drug-likeness (QED) is 0.0212. The van der Waals surface area contributed by atoms with Gasteiger partial charge < -0.3 is 18.9 Å². The second-order valence-electron chi connectivity index (χ2n) is 18.9. The van der Waals surface area contributed by atoms with E-state index in [9.17, 15) is 19.0 Å². The van der Waals surface area contributed by atoms with Crippen molar-refractivity contribution >= 4 is 19.8 Å². The predicted octanol–water partition coefficient (Wildman–Crippen LogP) is 15.3. The lowest BCUT2D eigenvalue weighted by Gasteiger charge is -2.24. The van der Waals surface area contributed by atoms with Crippen LogP contribution in [0.3, 0.4) is 0 Å². The highest BCUT2D eigenvalue weighted by molar-refractivity contribution is 7.47. The number of hydrogen-bond acceptors (Lipinski definition) is 7. The van der Waals surface area contributed by atoms with Crippen LogP contribution < -0.4 is 0 Å². The molecule has 10 heteroatoms. The summed E-state index contributed by atoms with van der Waals surface area (Å²) in [6, 6.07) is 0. The third-order valence-corrected chi connectivity index (χ3v) is 12.5. The third-order valence-electron chi connectivity index (χ3n) is 11.5. The van der Waals surface area contributed by atoms with Gasteiger partial charge in [-0.1, -0.05) is 212 Å². The summed E-state index contributed by atoms with van der Waals surface area (Å²) in [5.74, 6) is -0.796. The van der Waals surface area contributed by atoms with Gasteiger partial charge in [-0.15, -0.1) is 0 Å². The van der Waals surface area contributed by atoms with Gasteiger partial charge in [0.25, 0.3) is 0 Å². The topological polar surface area (TPSA) is 108 Å². The van der Waals surface area contributed by atoms with E-state index in [1.807, 2.05) is 21.1 Å². The van der Waals surface area contributed by atoms with Crippen LogP contribution in [0.15, 0.2) is 12.2 Å². The van der Waals surface area contributed by atoms with Crippen molar-refractivity contribution < 1.29 is 42.1 Å². The molecule has 0 amide bonds. The average molecular weight is 887 g/mol. The molecule has 2 unspecified atom stereocenters. The summed E-state index contributed by atoms with van der Waals surface area (Å²) in [6.07, 6.45) is 49.0. The molecule has 0 aromatic rings. The molecule has 9 nitrogen and oxygen atoms in total. The zero-order valence-electron chi connectivity index (χ0n) is 40.9. The van der Waals surface area contributed by atoms with Crippen LogP contribution in [-0.2, 0) is 32.7 Å². The zero-order chi connectivity index (χ0) is 45.0. The Bertz CT molecular complexity index is 1050. The van der Waals surface area contributed by atoms with Gasteiger partial charge in [-0.2, -0.15) is 0 Å². The van der Waals surface area contributed by atoms with E-state index < -0.39 is 26.5 Å². The SMILES string of the molecule is CCCCCCCCCC/C=C\CCCCCCCCCCCCCCCCCCCCCC(=O)OC(COC(=O)CCCCCCCC)COP(=O)(O)OCC[N+](C)(C)C. The van der Waals surface area contributed by atoms with Gasteiger partial charge in [0.15, 0.2) is 6.10 Å². The van der Waals surface area contributed by atoms with Crippen LogP contribution in [0.1, 0.15) is 251 Å². The Morgan fingerprint density at radius 2 is 0.836 bits per heavy atom. The highest BCUT2D eigenvalue weighted by atomic mass is 31.2. The second-order valence-corrected chi connectivity index (χ2v) is 20.4. The minimum Gasteiger partial charge on any atom is -0.462 e. The van der Waals surface area contributed by atoms with Gasteiger partial charge in [0.1, 0.15) is 19.8 Å². The Hall–Kier alpha value is -1.25. The molecule has 1 N–H and O–H groups in total. The fourth-order valence-electron chi connectivity index (χ4n) is 7.48. The standard InChI is InChI=1S/C51H100NO8P/c1-6-8-10-12-14-15-16-17-18-19-20-21-22-23-24-25-26-27-28-29-30-31-32-33-34-35-36-37-38-40-42-44-51(54)60-49(47-57-50(53)43-41-39-13-11-9-7-2)48-59-61(55,56)58-46-45-52(3,4)5/h19-20,49H,6-18,21-48H2,1-5H3/p+1/b20-19-. The number of quaternary nitrogens is 1. The molecule has 0 aromatic heterocycles. The first kappa shape index (κ1) is 59.8. The molecule has 0 fully saturated rings. The van der Waals surface area contributed by atoms with Crippen molar-refractivity contribution in [3.63, 3.8) is 0 Å². The van der Waals surface area contributed by atoms with Crippen LogP contribution in [0.5, 0.6) is 0 Å². The summed E-state index contributed by atoms with van der Waals surface area (Å²) in [5.41, 5.74) is 0. The van der Waals surface area contributed by atoms with E-state index in [0.717, 1.165) is 38.5 Å². The number of likely N-dealkylation sites (N-methyl/N-ethyl adjacent to an activating group) is 1. The van der Waals surface area contributed by atoms with Crippen molar-refractivity contribution in [3.05, 3.63) is 12.2 Å². The van der Waals surface area contributed by atoms with Crippen molar-refractivity contribution in [2.24, 2.45) is 0 Å². The molecule has 0 aliphatic carbocycles. The van der Waals surface area contributed by atoms with Crippen LogP contribution in [0.4, 0.5) is 0 Å². The number of hydrogen-bond donors (Lipinski definition) is 1.